The third kappa shape index (κ3) is 3.81. The molecule has 0 fully saturated rings. The molecule has 1 heterocycles. The molecule has 0 aliphatic carbocycles. The first-order valence-electron chi connectivity index (χ1n) is 7.49. The van der Waals surface area contributed by atoms with E-state index in [1.165, 1.54) is 0 Å². The SMILES string of the molecule is CC(C)C(Cl)OC(=O)n1cc(CCN(C)C)c2ccccc21. The largest absolute Gasteiger partial charge is 0.429 e. The number of para-hydroxylation sites is 1. The number of alkyl halides is 1. The zero-order valence-electron chi connectivity index (χ0n) is 13.5. The summed E-state index contributed by atoms with van der Waals surface area (Å²) in [6.45, 7) is 4.76. The molecular formula is C17H23ClN2O2. The highest BCUT2D eigenvalue weighted by Gasteiger charge is 2.19. The van der Waals surface area contributed by atoms with Gasteiger partial charge in [0.1, 0.15) is 0 Å². The Hall–Kier alpha value is -1.52. The molecule has 0 amide bonds. The van der Waals surface area contributed by atoms with Crippen molar-refractivity contribution in [3.63, 3.8) is 0 Å². The van der Waals surface area contributed by atoms with Crippen LogP contribution in [0.1, 0.15) is 19.4 Å². The molecule has 0 aliphatic heterocycles. The highest BCUT2D eigenvalue weighted by atomic mass is 35.5. The second-order valence-corrected chi connectivity index (χ2v) is 6.50. The molecule has 5 heteroatoms. The van der Waals surface area contributed by atoms with Gasteiger partial charge in [0.25, 0.3) is 0 Å². The number of hydrogen-bond acceptors (Lipinski definition) is 3. The molecule has 1 atom stereocenters. The van der Waals surface area contributed by atoms with Gasteiger partial charge in [-0.2, -0.15) is 0 Å². The lowest BCUT2D eigenvalue weighted by Gasteiger charge is -2.14. The van der Waals surface area contributed by atoms with Crippen LogP contribution in [0, 0.1) is 5.92 Å². The molecular weight excluding hydrogens is 300 g/mol. The van der Waals surface area contributed by atoms with Crippen LogP contribution in [0.4, 0.5) is 4.79 Å². The van der Waals surface area contributed by atoms with Crippen LogP contribution < -0.4 is 0 Å². The standard InChI is InChI=1S/C17H23ClN2O2/c1-12(2)16(18)22-17(21)20-11-13(9-10-19(3)4)14-7-5-6-8-15(14)20/h5-8,11-12,16H,9-10H2,1-4H3. The van der Waals surface area contributed by atoms with E-state index in [-0.39, 0.29) is 5.92 Å². The minimum atomic E-state index is -0.626. The molecule has 2 rings (SSSR count). The second kappa shape index (κ2) is 7.16. The third-order valence-electron chi connectivity index (χ3n) is 3.56. The maximum absolute atomic E-state index is 12.4. The Morgan fingerprint density at radius 2 is 2.00 bits per heavy atom. The maximum Gasteiger partial charge on any atom is 0.419 e. The summed E-state index contributed by atoms with van der Waals surface area (Å²) in [6, 6.07) is 7.86. The molecule has 2 aromatic rings. The first kappa shape index (κ1) is 16.8. The van der Waals surface area contributed by atoms with E-state index in [9.17, 15) is 4.79 Å². The topological polar surface area (TPSA) is 34.5 Å². The van der Waals surface area contributed by atoms with Crippen LogP contribution in [-0.2, 0) is 11.2 Å². The van der Waals surface area contributed by atoms with Crippen molar-refractivity contribution in [1.82, 2.24) is 9.47 Å². The zero-order chi connectivity index (χ0) is 16.3. The lowest BCUT2D eigenvalue weighted by atomic mass is 10.1. The number of carbonyl (C=O) groups is 1. The number of rotatable bonds is 5. The van der Waals surface area contributed by atoms with Gasteiger partial charge in [0.05, 0.1) is 5.52 Å². The van der Waals surface area contributed by atoms with Gasteiger partial charge in [-0.15, -0.1) is 0 Å². The number of halogens is 1. The molecule has 0 radical (unpaired) electrons. The first-order valence-corrected chi connectivity index (χ1v) is 7.92. The summed E-state index contributed by atoms with van der Waals surface area (Å²) >= 11 is 6.06. The van der Waals surface area contributed by atoms with Crippen molar-refractivity contribution >= 4 is 28.6 Å². The van der Waals surface area contributed by atoms with Gasteiger partial charge < -0.3 is 9.64 Å². The molecule has 0 saturated carbocycles. The minimum absolute atomic E-state index is 0.0701. The predicted molar refractivity (Wildman–Crippen MR) is 90.6 cm³/mol. The molecule has 1 aromatic heterocycles. The molecule has 1 unspecified atom stereocenters. The van der Waals surface area contributed by atoms with E-state index in [1.54, 1.807) is 4.57 Å². The molecule has 0 bridgehead atoms. The van der Waals surface area contributed by atoms with E-state index in [2.05, 4.69) is 4.90 Å². The summed E-state index contributed by atoms with van der Waals surface area (Å²) < 4.78 is 6.88. The van der Waals surface area contributed by atoms with Gasteiger partial charge >= 0.3 is 6.09 Å². The summed E-state index contributed by atoms with van der Waals surface area (Å²) in [5, 5.41) is 1.08. The number of aromatic nitrogens is 1. The number of likely N-dealkylation sites (N-methyl/N-ethyl adjacent to an activating group) is 1. The Morgan fingerprint density at radius 3 is 2.64 bits per heavy atom. The number of ether oxygens (including phenoxy) is 1. The fourth-order valence-corrected chi connectivity index (χ4v) is 2.31. The number of hydrogen-bond donors (Lipinski definition) is 0. The normalized spacial score (nSPS) is 13.0. The lowest BCUT2D eigenvalue weighted by molar-refractivity contribution is 0.116. The fourth-order valence-electron chi connectivity index (χ4n) is 2.23. The average Bonchev–Trinajstić information content (AvgIpc) is 2.84. The Kier molecular flexibility index (Phi) is 5.48. The number of fused-ring (bicyclic) bond motifs is 1. The van der Waals surface area contributed by atoms with Crippen molar-refractivity contribution in [2.75, 3.05) is 20.6 Å². The Labute approximate surface area is 136 Å². The molecule has 0 saturated heterocycles. The van der Waals surface area contributed by atoms with E-state index in [1.807, 2.05) is 58.4 Å². The van der Waals surface area contributed by atoms with Gasteiger partial charge in [-0.05, 0) is 32.1 Å². The summed E-state index contributed by atoms with van der Waals surface area (Å²) in [4.78, 5) is 14.5. The van der Waals surface area contributed by atoms with Crippen molar-refractivity contribution in [1.29, 1.82) is 0 Å². The molecule has 22 heavy (non-hydrogen) atoms. The van der Waals surface area contributed by atoms with Gasteiger partial charge in [-0.1, -0.05) is 43.6 Å². The van der Waals surface area contributed by atoms with E-state index in [0.29, 0.717) is 0 Å². The molecule has 0 aliphatic rings. The summed E-state index contributed by atoms with van der Waals surface area (Å²) in [6.07, 6.45) is 2.31. The van der Waals surface area contributed by atoms with E-state index >= 15 is 0 Å². The van der Waals surface area contributed by atoms with Crippen molar-refractivity contribution in [2.45, 2.75) is 25.8 Å². The van der Waals surface area contributed by atoms with Crippen molar-refractivity contribution in [3.8, 4) is 0 Å². The molecule has 0 N–H and O–H groups in total. The van der Waals surface area contributed by atoms with Gasteiger partial charge in [0.2, 0.25) is 0 Å². The monoisotopic (exact) mass is 322 g/mol. The van der Waals surface area contributed by atoms with Crippen LogP contribution in [0.25, 0.3) is 10.9 Å². The fraction of sp³-hybridized carbons (Fsp3) is 0.471. The molecule has 4 nitrogen and oxygen atoms in total. The maximum atomic E-state index is 12.4. The van der Waals surface area contributed by atoms with Crippen LogP contribution in [-0.4, -0.2) is 41.8 Å². The van der Waals surface area contributed by atoms with Gasteiger partial charge in [-0.3, -0.25) is 4.57 Å². The molecule has 0 spiro atoms. The average molecular weight is 323 g/mol. The van der Waals surface area contributed by atoms with Gasteiger partial charge in [-0.25, -0.2) is 4.79 Å². The Bertz CT molecular complexity index is 649. The number of nitrogens with zero attached hydrogens (tertiary/aromatic N) is 2. The zero-order valence-corrected chi connectivity index (χ0v) is 14.3. The third-order valence-corrected chi connectivity index (χ3v) is 4.15. The quantitative estimate of drug-likeness (QED) is 0.782. The van der Waals surface area contributed by atoms with Crippen molar-refractivity contribution in [3.05, 3.63) is 36.0 Å². The summed E-state index contributed by atoms with van der Waals surface area (Å²) in [7, 11) is 4.07. The van der Waals surface area contributed by atoms with Crippen molar-refractivity contribution in [2.24, 2.45) is 5.92 Å². The number of carbonyl (C=O) groups excluding carboxylic acids is 1. The van der Waals surface area contributed by atoms with Crippen LogP contribution in [0.3, 0.4) is 0 Å². The lowest BCUT2D eigenvalue weighted by Crippen LogP contribution is -2.21. The van der Waals surface area contributed by atoms with Crippen LogP contribution in [0.5, 0.6) is 0 Å². The second-order valence-electron chi connectivity index (χ2n) is 6.07. The minimum Gasteiger partial charge on any atom is -0.429 e. The smallest absolute Gasteiger partial charge is 0.419 e. The van der Waals surface area contributed by atoms with Crippen LogP contribution >= 0.6 is 11.6 Å². The molecule has 1 aromatic carbocycles. The Morgan fingerprint density at radius 1 is 1.32 bits per heavy atom. The predicted octanol–water partition coefficient (Wildman–Crippen LogP) is 3.95. The van der Waals surface area contributed by atoms with E-state index in [0.717, 1.165) is 29.4 Å². The highest BCUT2D eigenvalue weighted by molar-refractivity contribution is 6.20. The summed E-state index contributed by atoms with van der Waals surface area (Å²) in [5.74, 6) is 0.0701. The van der Waals surface area contributed by atoms with Gasteiger partial charge in [0, 0.05) is 24.0 Å². The van der Waals surface area contributed by atoms with E-state index < -0.39 is 11.7 Å². The number of benzene rings is 1. The molecule has 120 valence electrons. The summed E-state index contributed by atoms with van der Waals surface area (Å²) in [5.41, 5.74) is 1.37. The van der Waals surface area contributed by atoms with Gasteiger partial charge in [0.15, 0.2) is 5.56 Å². The first-order chi connectivity index (χ1) is 10.4. The Balaban J connectivity index is 2.31. The highest BCUT2D eigenvalue weighted by Crippen LogP contribution is 2.23. The van der Waals surface area contributed by atoms with Crippen LogP contribution in [0.2, 0.25) is 0 Å². The van der Waals surface area contributed by atoms with E-state index in [4.69, 9.17) is 16.3 Å². The van der Waals surface area contributed by atoms with Crippen LogP contribution in [0.15, 0.2) is 30.5 Å². The van der Waals surface area contributed by atoms with Crippen molar-refractivity contribution < 1.29 is 9.53 Å².